The van der Waals surface area contributed by atoms with Gasteiger partial charge in [0.15, 0.2) is 5.82 Å². The van der Waals surface area contributed by atoms with Gasteiger partial charge in [0.1, 0.15) is 12.0 Å². The van der Waals surface area contributed by atoms with Crippen molar-refractivity contribution in [3.05, 3.63) is 24.5 Å². The Balaban J connectivity index is 2.17. The molecule has 0 bridgehead atoms. The number of pyridine rings is 1. The highest BCUT2D eigenvalue weighted by Crippen LogP contribution is 2.22. The lowest BCUT2D eigenvalue weighted by Crippen LogP contribution is -1.99. The van der Waals surface area contributed by atoms with Crippen molar-refractivity contribution in [1.29, 1.82) is 0 Å². The lowest BCUT2D eigenvalue weighted by Gasteiger charge is -2.02. The summed E-state index contributed by atoms with van der Waals surface area (Å²) in [6.07, 6.45) is 3.73. The van der Waals surface area contributed by atoms with E-state index < -0.39 is 0 Å². The zero-order valence-electron chi connectivity index (χ0n) is 10.0. The van der Waals surface area contributed by atoms with E-state index in [4.69, 9.17) is 4.18 Å². The molecule has 7 heteroatoms. The molecule has 0 aromatic carbocycles. The van der Waals surface area contributed by atoms with Gasteiger partial charge in [-0.3, -0.25) is 9.78 Å². The van der Waals surface area contributed by atoms with E-state index in [1.807, 2.05) is 19.2 Å². The quantitative estimate of drug-likeness (QED) is 0.785. The highest BCUT2D eigenvalue weighted by Gasteiger charge is 2.13. The normalized spacial score (nSPS) is 10.3. The molecule has 0 amide bonds. The SMILES string of the molecule is CCC(=O)OSc1nnc(-c2cccnc2)n1C. The monoisotopic (exact) mass is 264 g/mol. The minimum absolute atomic E-state index is 0.286. The van der Waals surface area contributed by atoms with Gasteiger partial charge in [-0.2, -0.15) is 0 Å². The van der Waals surface area contributed by atoms with Crippen molar-refractivity contribution in [1.82, 2.24) is 19.7 Å². The molecule has 0 aliphatic rings. The average molecular weight is 264 g/mol. The minimum atomic E-state index is -0.286. The van der Waals surface area contributed by atoms with E-state index >= 15 is 0 Å². The molecule has 6 nitrogen and oxygen atoms in total. The molecule has 0 fully saturated rings. The summed E-state index contributed by atoms with van der Waals surface area (Å²) >= 11 is 0.915. The molecule has 0 aliphatic carbocycles. The molecule has 0 atom stereocenters. The van der Waals surface area contributed by atoms with Gasteiger partial charge in [-0.1, -0.05) is 6.92 Å². The van der Waals surface area contributed by atoms with Gasteiger partial charge >= 0.3 is 5.97 Å². The molecule has 2 aromatic heterocycles. The second kappa shape index (κ2) is 5.63. The lowest BCUT2D eigenvalue weighted by molar-refractivity contribution is -0.132. The number of nitrogens with zero attached hydrogens (tertiary/aromatic N) is 4. The van der Waals surface area contributed by atoms with Crippen LogP contribution < -0.4 is 0 Å². The third-order valence-electron chi connectivity index (χ3n) is 2.25. The molecule has 0 saturated heterocycles. The Labute approximate surface area is 109 Å². The Kier molecular flexibility index (Phi) is 3.93. The van der Waals surface area contributed by atoms with E-state index in [0.29, 0.717) is 17.4 Å². The van der Waals surface area contributed by atoms with Crippen molar-refractivity contribution >= 4 is 18.0 Å². The standard InChI is InChI=1S/C11H12N4O2S/c1-3-9(16)17-18-11-14-13-10(15(11)2)8-5-4-6-12-7-8/h4-7H,3H2,1-2H3. The summed E-state index contributed by atoms with van der Waals surface area (Å²) in [5.74, 6) is 0.393. The van der Waals surface area contributed by atoms with Crippen LogP contribution in [0.5, 0.6) is 0 Å². The lowest BCUT2D eigenvalue weighted by atomic mass is 10.3. The van der Waals surface area contributed by atoms with Crippen LogP contribution in [0.3, 0.4) is 0 Å². The first kappa shape index (κ1) is 12.6. The van der Waals surface area contributed by atoms with Gasteiger partial charge in [0, 0.05) is 31.4 Å². The molecular weight excluding hydrogens is 252 g/mol. The van der Waals surface area contributed by atoms with Gasteiger partial charge in [-0.15, -0.1) is 10.2 Å². The second-order valence-electron chi connectivity index (χ2n) is 3.50. The van der Waals surface area contributed by atoms with Crippen LogP contribution in [0.4, 0.5) is 0 Å². The molecule has 18 heavy (non-hydrogen) atoms. The maximum Gasteiger partial charge on any atom is 0.317 e. The number of carbonyl (C=O) groups is 1. The zero-order valence-corrected chi connectivity index (χ0v) is 10.8. The van der Waals surface area contributed by atoms with Crippen molar-refractivity contribution in [2.24, 2.45) is 7.05 Å². The zero-order chi connectivity index (χ0) is 13.0. The van der Waals surface area contributed by atoms with Crippen LogP contribution in [0.2, 0.25) is 0 Å². The minimum Gasteiger partial charge on any atom is -0.383 e. The van der Waals surface area contributed by atoms with Crippen LogP contribution in [-0.4, -0.2) is 25.7 Å². The van der Waals surface area contributed by atoms with Crippen LogP contribution in [-0.2, 0) is 16.0 Å². The Morgan fingerprint density at radius 2 is 2.33 bits per heavy atom. The summed E-state index contributed by atoms with van der Waals surface area (Å²) in [6.45, 7) is 1.74. The Bertz CT molecular complexity index is 541. The molecule has 2 aromatic rings. The molecule has 2 rings (SSSR count). The van der Waals surface area contributed by atoms with Crippen molar-refractivity contribution < 1.29 is 8.98 Å². The first-order valence-electron chi connectivity index (χ1n) is 5.39. The fraction of sp³-hybridized carbons (Fsp3) is 0.273. The highest BCUT2D eigenvalue weighted by atomic mass is 32.2. The van der Waals surface area contributed by atoms with Crippen LogP contribution in [0.1, 0.15) is 13.3 Å². The highest BCUT2D eigenvalue weighted by molar-refractivity contribution is 7.94. The summed E-state index contributed by atoms with van der Waals surface area (Å²) < 4.78 is 6.70. The average Bonchev–Trinajstić information content (AvgIpc) is 2.78. The molecule has 0 unspecified atom stereocenters. The Morgan fingerprint density at radius 3 is 3.00 bits per heavy atom. The summed E-state index contributed by atoms with van der Waals surface area (Å²) in [6, 6.07) is 3.72. The van der Waals surface area contributed by atoms with Crippen LogP contribution >= 0.6 is 12.0 Å². The van der Waals surface area contributed by atoms with Gasteiger partial charge < -0.3 is 8.75 Å². The molecule has 0 spiro atoms. The first-order chi connectivity index (χ1) is 8.72. The van der Waals surface area contributed by atoms with Crippen molar-refractivity contribution in [2.45, 2.75) is 18.5 Å². The number of aromatic nitrogens is 4. The summed E-state index contributed by atoms with van der Waals surface area (Å²) in [4.78, 5) is 15.1. The van der Waals surface area contributed by atoms with Crippen LogP contribution in [0, 0.1) is 0 Å². The van der Waals surface area contributed by atoms with E-state index in [1.165, 1.54) is 0 Å². The molecule has 0 saturated carbocycles. The predicted octanol–water partition coefficient (Wildman–Crippen LogP) is 1.84. The fourth-order valence-corrected chi connectivity index (χ4v) is 1.83. The summed E-state index contributed by atoms with van der Waals surface area (Å²) in [5, 5.41) is 8.54. The smallest absolute Gasteiger partial charge is 0.317 e. The largest absolute Gasteiger partial charge is 0.383 e. The second-order valence-corrected chi connectivity index (χ2v) is 4.20. The Hall–Kier alpha value is -1.89. The van der Waals surface area contributed by atoms with Gasteiger partial charge in [-0.25, -0.2) is 0 Å². The molecule has 2 heterocycles. The van der Waals surface area contributed by atoms with Crippen LogP contribution in [0.25, 0.3) is 11.4 Å². The molecule has 0 aliphatic heterocycles. The van der Waals surface area contributed by atoms with E-state index in [0.717, 1.165) is 17.6 Å². The van der Waals surface area contributed by atoms with Crippen molar-refractivity contribution in [3.63, 3.8) is 0 Å². The van der Waals surface area contributed by atoms with E-state index in [9.17, 15) is 4.79 Å². The van der Waals surface area contributed by atoms with Gasteiger partial charge in [0.25, 0.3) is 0 Å². The third-order valence-corrected chi connectivity index (χ3v) is 3.03. The Morgan fingerprint density at radius 1 is 1.50 bits per heavy atom. The van der Waals surface area contributed by atoms with E-state index in [-0.39, 0.29) is 5.97 Å². The summed E-state index contributed by atoms with van der Waals surface area (Å²) in [5.41, 5.74) is 0.862. The molecule has 94 valence electrons. The van der Waals surface area contributed by atoms with Crippen LogP contribution in [0.15, 0.2) is 29.7 Å². The van der Waals surface area contributed by atoms with Gasteiger partial charge in [0.05, 0.1) is 0 Å². The van der Waals surface area contributed by atoms with Crippen molar-refractivity contribution in [3.8, 4) is 11.4 Å². The predicted molar refractivity (Wildman–Crippen MR) is 66.5 cm³/mol. The van der Waals surface area contributed by atoms with Crippen molar-refractivity contribution in [2.75, 3.05) is 0 Å². The van der Waals surface area contributed by atoms with E-state index in [2.05, 4.69) is 15.2 Å². The maximum absolute atomic E-state index is 11.1. The molecule has 0 N–H and O–H groups in total. The van der Waals surface area contributed by atoms with E-state index in [1.54, 1.807) is 23.9 Å². The number of carbonyl (C=O) groups excluding carboxylic acids is 1. The number of hydrogen-bond donors (Lipinski definition) is 0. The fourth-order valence-electron chi connectivity index (χ4n) is 1.28. The summed E-state index contributed by atoms with van der Waals surface area (Å²) in [7, 11) is 1.81. The number of rotatable bonds is 4. The number of hydrogen-bond acceptors (Lipinski definition) is 6. The third kappa shape index (κ3) is 2.67. The first-order valence-corrected chi connectivity index (χ1v) is 6.13. The van der Waals surface area contributed by atoms with Gasteiger partial charge in [0.2, 0.25) is 5.16 Å². The molecular formula is C11H12N4O2S. The topological polar surface area (TPSA) is 69.9 Å². The van der Waals surface area contributed by atoms with Gasteiger partial charge in [-0.05, 0) is 12.1 Å². The molecule has 0 radical (unpaired) electrons. The maximum atomic E-state index is 11.1.